The number of carbonyl (C=O) groups is 4. The molecule has 1 aliphatic heterocycles. The molecule has 0 bridgehead atoms. The molecular formula is C36H45FN8O6. The highest BCUT2D eigenvalue weighted by molar-refractivity contribution is 5.94. The minimum Gasteiger partial charge on any atom is -0.493 e. The largest absolute Gasteiger partial charge is 0.493 e. The van der Waals surface area contributed by atoms with Gasteiger partial charge in [0.1, 0.15) is 24.2 Å². The summed E-state index contributed by atoms with van der Waals surface area (Å²) in [5.41, 5.74) is 0.852. The van der Waals surface area contributed by atoms with Gasteiger partial charge in [0.25, 0.3) is 5.91 Å². The van der Waals surface area contributed by atoms with Crippen molar-refractivity contribution < 1.29 is 33.0 Å². The molecule has 0 radical (unpaired) electrons. The van der Waals surface area contributed by atoms with E-state index < -0.39 is 29.7 Å². The van der Waals surface area contributed by atoms with Gasteiger partial charge in [-0.2, -0.15) is 10.4 Å². The van der Waals surface area contributed by atoms with Crippen LogP contribution in [-0.2, 0) is 27.3 Å². The number of halogens is 1. The zero-order valence-electron chi connectivity index (χ0n) is 29.6. The van der Waals surface area contributed by atoms with Crippen molar-refractivity contribution in [2.75, 3.05) is 33.9 Å². The maximum Gasteiger partial charge on any atom is 0.254 e. The van der Waals surface area contributed by atoms with Crippen LogP contribution in [0.1, 0.15) is 85.6 Å². The van der Waals surface area contributed by atoms with Crippen LogP contribution >= 0.6 is 0 Å². The number of fused-ring (bicyclic) bond motifs is 1. The Labute approximate surface area is 296 Å². The van der Waals surface area contributed by atoms with Crippen molar-refractivity contribution in [1.29, 1.82) is 5.26 Å². The Balaban J connectivity index is 1.61. The first-order chi connectivity index (χ1) is 24.5. The maximum atomic E-state index is 14.2. The molecule has 14 nitrogen and oxygen atoms in total. The van der Waals surface area contributed by atoms with Crippen molar-refractivity contribution in [2.24, 2.45) is 5.92 Å². The molecule has 15 heteroatoms. The molecule has 1 aromatic heterocycles. The highest BCUT2D eigenvalue weighted by Gasteiger charge is 2.29. The molecular weight excluding hydrogens is 659 g/mol. The van der Waals surface area contributed by atoms with Gasteiger partial charge in [-0.25, -0.2) is 14.1 Å². The molecule has 0 unspecified atom stereocenters. The Bertz CT molecular complexity index is 1770. The number of hydrogen-bond donors (Lipinski definition) is 3. The Morgan fingerprint density at radius 3 is 2.51 bits per heavy atom. The molecule has 0 spiro atoms. The Morgan fingerprint density at radius 1 is 1.06 bits per heavy atom. The van der Waals surface area contributed by atoms with Crippen molar-refractivity contribution >= 4 is 23.6 Å². The van der Waals surface area contributed by atoms with Gasteiger partial charge in [-0.15, -0.1) is 0 Å². The summed E-state index contributed by atoms with van der Waals surface area (Å²) in [6, 6.07) is 9.20. The van der Waals surface area contributed by atoms with Crippen molar-refractivity contribution in [3.05, 3.63) is 70.6 Å². The third kappa shape index (κ3) is 10.3. The summed E-state index contributed by atoms with van der Waals surface area (Å²) in [4.78, 5) is 59.6. The molecule has 2 aromatic carbocycles. The van der Waals surface area contributed by atoms with Crippen molar-refractivity contribution in [1.82, 2.24) is 35.6 Å². The van der Waals surface area contributed by atoms with Crippen LogP contribution in [0.5, 0.6) is 11.5 Å². The lowest BCUT2D eigenvalue weighted by atomic mass is 9.97. The van der Waals surface area contributed by atoms with Crippen LogP contribution in [0.3, 0.4) is 0 Å². The second kappa shape index (κ2) is 17.9. The summed E-state index contributed by atoms with van der Waals surface area (Å²) >= 11 is 0. The maximum absolute atomic E-state index is 14.2. The molecule has 0 aliphatic carbocycles. The number of hydrogen-bond acceptors (Lipinski definition) is 9. The summed E-state index contributed by atoms with van der Waals surface area (Å²) in [6.45, 7) is 5.89. The van der Waals surface area contributed by atoms with E-state index in [1.807, 2.05) is 32.0 Å². The second-order valence-corrected chi connectivity index (χ2v) is 12.5. The van der Waals surface area contributed by atoms with E-state index in [1.54, 1.807) is 27.2 Å². The quantitative estimate of drug-likeness (QED) is 0.333. The number of carbonyl (C=O) groups excluding carboxylic acids is 4. The van der Waals surface area contributed by atoms with E-state index in [0.29, 0.717) is 42.4 Å². The lowest BCUT2D eigenvalue weighted by Crippen LogP contribution is -2.51. The van der Waals surface area contributed by atoms with E-state index in [2.05, 4.69) is 21.0 Å². The molecule has 4 rings (SSSR count). The van der Waals surface area contributed by atoms with Gasteiger partial charge in [-0.05, 0) is 61.6 Å². The molecule has 0 fully saturated rings. The van der Waals surface area contributed by atoms with Crippen LogP contribution in [-0.4, -0.2) is 83.2 Å². The molecule has 0 saturated heterocycles. The van der Waals surface area contributed by atoms with E-state index >= 15 is 0 Å². The van der Waals surface area contributed by atoms with E-state index in [4.69, 9.17) is 14.5 Å². The van der Waals surface area contributed by atoms with Crippen LogP contribution in [0, 0.1) is 23.1 Å². The second-order valence-electron chi connectivity index (χ2n) is 12.5. The number of nitriles is 1. The molecule has 4 amide bonds. The van der Waals surface area contributed by atoms with Gasteiger partial charge >= 0.3 is 0 Å². The third-order valence-corrected chi connectivity index (χ3v) is 8.73. The topological polar surface area (TPSA) is 181 Å². The van der Waals surface area contributed by atoms with Crippen molar-refractivity contribution in [3.8, 4) is 17.6 Å². The highest BCUT2D eigenvalue weighted by atomic mass is 19.1. The lowest BCUT2D eigenvalue weighted by molar-refractivity contribution is -0.130. The Hall–Kier alpha value is -5.52. The first-order valence-corrected chi connectivity index (χ1v) is 17.0. The molecule has 2 heterocycles. The summed E-state index contributed by atoms with van der Waals surface area (Å²) in [5, 5.41) is 22.6. The fraction of sp³-hybridized carbons (Fsp3) is 0.472. The third-order valence-electron chi connectivity index (χ3n) is 8.73. The molecule has 1 aliphatic rings. The van der Waals surface area contributed by atoms with Crippen molar-refractivity contribution in [2.45, 2.75) is 71.5 Å². The predicted octanol–water partition coefficient (Wildman–Crippen LogP) is 3.05. The van der Waals surface area contributed by atoms with Gasteiger partial charge in [0, 0.05) is 38.0 Å². The van der Waals surface area contributed by atoms with Gasteiger partial charge < -0.3 is 30.3 Å². The molecule has 3 atom stereocenters. The smallest absolute Gasteiger partial charge is 0.254 e. The summed E-state index contributed by atoms with van der Waals surface area (Å²) in [5.74, 6) is -0.685. The first-order valence-electron chi connectivity index (χ1n) is 17.0. The van der Waals surface area contributed by atoms with E-state index in [0.717, 1.165) is 17.7 Å². The molecule has 3 aromatic rings. The Morgan fingerprint density at radius 2 is 1.80 bits per heavy atom. The average molecular weight is 705 g/mol. The minimum atomic E-state index is -0.857. The van der Waals surface area contributed by atoms with E-state index in [-0.39, 0.29) is 67.9 Å². The number of rotatable bonds is 7. The van der Waals surface area contributed by atoms with Gasteiger partial charge in [-0.3, -0.25) is 19.2 Å². The standard InChI is InChI=1S/C36H45FN8O6/c1-6-22(2)33-35(48)40-23(3)34-41-30(18-24-10-11-28(50-4)29(17-24)51-5)43-45(34)21-32(47)39-12-8-14-44(13-7-9-31(46)42-33)36(49)26-15-25(20-38)16-27(37)19-26/h10-11,15-17,19,22-23,33H,6-9,12-14,18,21H2,1-5H3,(H,39,47)(H,40,48)(H,42,46)/t22-,23+,33-/m0/s1. The molecule has 0 saturated carbocycles. The summed E-state index contributed by atoms with van der Waals surface area (Å²) in [6.07, 6.45) is 1.57. The van der Waals surface area contributed by atoms with Gasteiger partial charge in [0.15, 0.2) is 17.3 Å². The zero-order chi connectivity index (χ0) is 37.1. The zero-order valence-corrected chi connectivity index (χ0v) is 29.6. The number of benzene rings is 2. The van der Waals surface area contributed by atoms with Crippen LogP contribution in [0.4, 0.5) is 4.39 Å². The van der Waals surface area contributed by atoms with Gasteiger partial charge in [0.2, 0.25) is 17.7 Å². The minimum absolute atomic E-state index is 0.00686. The first kappa shape index (κ1) is 38.3. The number of aromatic nitrogens is 3. The van der Waals surface area contributed by atoms with E-state index in [9.17, 15) is 28.8 Å². The van der Waals surface area contributed by atoms with Crippen LogP contribution in [0.15, 0.2) is 36.4 Å². The van der Waals surface area contributed by atoms with Crippen molar-refractivity contribution in [3.63, 3.8) is 0 Å². The SMILES string of the molecule is CC[C@H](C)[C@@H]1NC(=O)CCCN(C(=O)c2cc(F)cc(C#N)c2)CCCNC(=O)Cn2nc(Cc3ccc(OC)c(OC)c3)nc2[C@@H](C)NC1=O. The van der Waals surface area contributed by atoms with Gasteiger partial charge in [0.05, 0.1) is 31.9 Å². The summed E-state index contributed by atoms with van der Waals surface area (Å²) in [7, 11) is 3.09. The number of nitrogens with one attached hydrogen (secondary N) is 3. The lowest BCUT2D eigenvalue weighted by Gasteiger charge is -2.26. The fourth-order valence-corrected chi connectivity index (χ4v) is 5.80. The van der Waals surface area contributed by atoms with E-state index in [1.165, 1.54) is 15.6 Å². The molecule has 51 heavy (non-hydrogen) atoms. The fourth-order valence-electron chi connectivity index (χ4n) is 5.80. The highest BCUT2D eigenvalue weighted by Crippen LogP contribution is 2.28. The van der Waals surface area contributed by atoms with Crippen LogP contribution in [0.25, 0.3) is 0 Å². The Kier molecular flexibility index (Phi) is 13.5. The van der Waals surface area contributed by atoms with Crippen LogP contribution in [0.2, 0.25) is 0 Å². The summed E-state index contributed by atoms with van der Waals surface area (Å²) < 4.78 is 26.4. The number of amides is 4. The monoisotopic (exact) mass is 704 g/mol. The predicted molar refractivity (Wildman–Crippen MR) is 184 cm³/mol. The molecule has 272 valence electrons. The van der Waals surface area contributed by atoms with Crippen LogP contribution < -0.4 is 25.4 Å². The van der Waals surface area contributed by atoms with Gasteiger partial charge in [-0.1, -0.05) is 26.3 Å². The number of methoxy groups -OCH3 is 2. The number of nitrogens with zero attached hydrogens (tertiary/aromatic N) is 5. The molecule has 3 N–H and O–H groups in total. The number of ether oxygens (including phenoxy) is 2. The normalized spacial score (nSPS) is 18.5. The average Bonchev–Trinajstić information content (AvgIpc) is 3.51.